The molecular formula is C18H21ClN2O5. The maximum absolute atomic E-state index is 12.5. The molecule has 2 heterocycles. The molecule has 0 aliphatic carbocycles. The SMILES string of the molecule is O=C(O)[C@H]1CC[C@@H](C(=O)N2CCN(C(=O)Cc3ccccc3Cl)CC2)O1. The zero-order valence-electron chi connectivity index (χ0n) is 14.3. The Balaban J connectivity index is 1.49. The van der Waals surface area contributed by atoms with Gasteiger partial charge in [-0.1, -0.05) is 29.8 Å². The van der Waals surface area contributed by atoms with Gasteiger partial charge >= 0.3 is 5.97 Å². The van der Waals surface area contributed by atoms with Crippen LogP contribution in [0.5, 0.6) is 0 Å². The zero-order chi connectivity index (χ0) is 18.7. The number of hydrogen-bond acceptors (Lipinski definition) is 4. The fourth-order valence-electron chi connectivity index (χ4n) is 3.30. The van der Waals surface area contributed by atoms with Gasteiger partial charge in [0, 0.05) is 31.2 Å². The normalized spacial score (nSPS) is 23.1. The lowest BCUT2D eigenvalue weighted by molar-refractivity contribution is -0.156. The highest BCUT2D eigenvalue weighted by molar-refractivity contribution is 6.31. The first-order chi connectivity index (χ1) is 12.5. The molecule has 7 nitrogen and oxygen atoms in total. The minimum Gasteiger partial charge on any atom is -0.479 e. The third kappa shape index (κ3) is 4.16. The lowest BCUT2D eigenvalue weighted by atomic mass is 10.1. The summed E-state index contributed by atoms with van der Waals surface area (Å²) in [5, 5.41) is 9.53. The van der Waals surface area contributed by atoms with E-state index in [1.165, 1.54) is 0 Å². The van der Waals surface area contributed by atoms with Crippen LogP contribution in [0.1, 0.15) is 18.4 Å². The van der Waals surface area contributed by atoms with Crippen molar-refractivity contribution in [2.45, 2.75) is 31.5 Å². The number of halogens is 1. The second-order valence-electron chi connectivity index (χ2n) is 6.50. The molecule has 2 fully saturated rings. The summed E-state index contributed by atoms with van der Waals surface area (Å²) in [7, 11) is 0. The Kier molecular flexibility index (Phi) is 5.78. The number of aliphatic carboxylic acids is 1. The van der Waals surface area contributed by atoms with Crippen molar-refractivity contribution < 1.29 is 24.2 Å². The van der Waals surface area contributed by atoms with Crippen LogP contribution in [0, 0.1) is 0 Å². The van der Waals surface area contributed by atoms with Gasteiger partial charge in [-0.3, -0.25) is 9.59 Å². The average molecular weight is 381 g/mol. The van der Waals surface area contributed by atoms with Crippen molar-refractivity contribution in [1.29, 1.82) is 0 Å². The monoisotopic (exact) mass is 380 g/mol. The number of piperazine rings is 1. The molecule has 0 bridgehead atoms. The van der Waals surface area contributed by atoms with Crippen LogP contribution >= 0.6 is 11.6 Å². The molecular weight excluding hydrogens is 360 g/mol. The molecule has 140 valence electrons. The maximum atomic E-state index is 12.5. The molecule has 0 saturated carbocycles. The molecule has 0 unspecified atom stereocenters. The largest absolute Gasteiger partial charge is 0.479 e. The van der Waals surface area contributed by atoms with Crippen LogP contribution in [0.2, 0.25) is 5.02 Å². The van der Waals surface area contributed by atoms with E-state index < -0.39 is 18.2 Å². The van der Waals surface area contributed by atoms with Crippen molar-refractivity contribution in [2.24, 2.45) is 0 Å². The van der Waals surface area contributed by atoms with Crippen LogP contribution in [-0.2, 0) is 25.5 Å². The van der Waals surface area contributed by atoms with Crippen molar-refractivity contribution >= 4 is 29.4 Å². The number of carboxylic acid groups (broad SMARTS) is 1. The van der Waals surface area contributed by atoms with Gasteiger partial charge in [-0.05, 0) is 24.5 Å². The number of ether oxygens (including phenoxy) is 1. The minimum atomic E-state index is -1.03. The van der Waals surface area contributed by atoms with Gasteiger partial charge < -0.3 is 19.6 Å². The molecule has 0 spiro atoms. The highest BCUT2D eigenvalue weighted by Gasteiger charge is 2.37. The predicted molar refractivity (Wildman–Crippen MR) is 93.8 cm³/mol. The lowest BCUT2D eigenvalue weighted by Crippen LogP contribution is -2.53. The van der Waals surface area contributed by atoms with E-state index in [1.54, 1.807) is 15.9 Å². The predicted octanol–water partition coefficient (Wildman–Crippen LogP) is 1.19. The number of rotatable bonds is 4. The smallest absolute Gasteiger partial charge is 0.332 e. The first-order valence-electron chi connectivity index (χ1n) is 8.64. The third-order valence-corrected chi connectivity index (χ3v) is 5.18. The van der Waals surface area contributed by atoms with Crippen LogP contribution in [-0.4, -0.2) is 71.1 Å². The highest BCUT2D eigenvalue weighted by Crippen LogP contribution is 2.22. The molecule has 3 rings (SSSR count). The number of amides is 2. The van der Waals surface area contributed by atoms with Crippen LogP contribution in [0.25, 0.3) is 0 Å². The molecule has 1 aromatic rings. The Labute approximate surface area is 156 Å². The molecule has 2 saturated heterocycles. The van der Waals surface area contributed by atoms with Gasteiger partial charge in [-0.15, -0.1) is 0 Å². The first kappa shape index (κ1) is 18.7. The summed E-state index contributed by atoms with van der Waals surface area (Å²) in [5.74, 6) is -1.24. The molecule has 2 aliphatic rings. The van der Waals surface area contributed by atoms with E-state index in [0.29, 0.717) is 44.0 Å². The standard InChI is InChI=1S/C18H21ClN2O5/c19-13-4-2-1-3-12(13)11-16(22)20-7-9-21(10-8-20)17(23)14-5-6-15(26-14)18(24)25/h1-4,14-15H,5-11H2,(H,24,25)/t14-,15+/m0/s1. The number of carbonyl (C=O) groups excluding carboxylic acids is 2. The van der Waals surface area contributed by atoms with Gasteiger partial charge in [0.2, 0.25) is 5.91 Å². The summed E-state index contributed by atoms with van der Waals surface area (Å²) in [4.78, 5) is 39.2. The van der Waals surface area contributed by atoms with Gasteiger partial charge in [-0.2, -0.15) is 0 Å². The molecule has 2 aliphatic heterocycles. The zero-order valence-corrected chi connectivity index (χ0v) is 15.0. The summed E-state index contributed by atoms with van der Waals surface area (Å²) < 4.78 is 5.32. The highest BCUT2D eigenvalue weighted by atomic mass is 35.5. The van der Waals surface area contributed by atoms with E-state index >= 15 is 0 Å². The van der Waals surface area contributed by atoms with Crippen molar-refractivity contribution in [3.05, 3.63) is 34.9 Å². The first-order valence-corrected chi connectivity index (χ1v) is 9.01. The maximum Gasteiger partial charge on any atom is 0.332 e. The Bertz CT molecular complexity index is 703. The van der Waals surface area contributed by atoms with Crippen molar-refractivity contribution in [1.82, 2.24) is 9.80 Å². The number of carbonyl (C=O) groups is 3. The van der Waals surface area contributed by atoms with Crippen molar-refractivity contribution in [3.63, 3.8) is 0 Å². The Hall–Kier alpha value is -2.12. The summed E-state index contributed by atoms with van der Waals surface area (Å²) in [6.07, 6.45) is -0.590. The Morgan fingerprint density at radius 2 is 1.65 bits per heavy atom. The fourth-order valence-corrected chi connectivity index (χ4v) is 3.50. The number of hydrogen-bond donors (Lipinski definition) is 1. The van der Waals surface area contributed by atoms with E-state index in [2.05, 4.69) is 0 Å². The molecule has 8 heteroatoms. The summed E-state index contributed by atoms with van der Waals surface area (Å²) in [6, 6.07) is 7.25. The van der Waals surface area contributed by atoms with Crippen molar-refractivity contribution in [3.8, 4) is 0 Å². The van der Waals surface area contributed by atoms with Crippen LogP contribution < -0.4 is 0 Å². The summed E-state index contributed by atoms with van der Waals surface area (Å²) >= 11 is 6.10. The molecule has 0 radical (unpaired) electrons. The quantitative estimate of drug-likeness (QED) is 0.847. The molecule has 2 atom stereocenters. The summed E-state index contributed by atoms with van der Waals surface area (Å²) in [6.45, 7) is 1.74. The topological polar surface area (TPSA) is 87.2 Å². The second kappa shape index (κ2) is 8.05. The van der Waals surface area contributed by atoms with Gasteiger partial charge in [-0.25, -0.2) is 4.79 Å². The van der Waals surface area contributed by atoms with Crippen LogP contribution in [0.4, 0.5) is 0 Å². The van der Waals surface area contributed by atoms with E-state index in [4.69, 9.17) is 21.4 Å². The van der Waals surface area contributed by atoms with Gasteiger partial charge in [0.25, 0.3) is 5.91 Å². The third-order valence-electron chi connectivity index (χ3n) is 4.81. The Morgan fingerprint density at radius 3 is 2.27 bits per heavy atom. The van der Waals surface area contributed by atoms with Crippen LogP contribution in [0.15, 0.2) is 24.3 Å². The number of carboxylic acids is 1. The van der Waals surface area contributed by atoms with Gasteiger partial charge in [0.05, 0.1) is 6.42 Å². The number of benzene rings is 1. The van der Waals surface area contributed by atoms with Gasteiger partial charge in [0.15, 0.2) is 6.10 Å². The van der Waals surface area contributed by atoms with Crippen LogP contribution in [0.3, 0.4) is 0 Å². The van der Waals surface area contributed by atoms with E-state index in [1.807, 2.05) is 18.2 Å². The van der Waals surface area contributed by atoms with E-state index in [9.17, 15) is 14.4 Å². The molecule has 1 N–H and O–H groups in total. The average Bonchev–Trinajstić information content (AvgIpc) is 3.13. The van der Waals surface area contributed by atoms with E-state index in [-0.39, 0.29) is 18.2 Å². The lowest BCUT2D eigenvalue weighted by Gasteiger charge is -2.36. The Morgan fingerprint density at radius 1 is 1.04 bits per heavy atom. The molecule has 0 aromatic heterocycles. The fraction of sp³-hybridized carbons (Fsp3) is 0.500. The van der Waals surface area contributed by atoms with Gasteiger partial charge in [0.1, 0.15) is 6.10 Å². The summed E-state index contributed by atoms with van der Waals surface area (Å²) in [5.41, 5.74) is 0.789. The number of nitrogens with zero attached hydrogens (tertiary/aromatic N) is 2. The molecule has 2 amide bonds. The second-order valence-corrected chi connectivity index (χ2v) is 6.91. The molecule has 26 heavy (non-hydrogen) atoms. The minimum absolute atomic E-state index is 0.0201. The van der Waals surface area contributed by atoms with Crippen molar-refractivity contribution in [2.75, 3.05) is 26.2 Å². The molecule has 1 aromatic carbocycles. The van der Waals surface area contributed by atoms with E-state index in [0.717, 1.165) is 5.56 Å².